The maximum Gasteiger partial charge on any atom is 0.223 e. The Balaban J connectivity index is 2.14. The van der Waals surface area contributed by atoms with E-state index in [9.17, 15) is 4.79 Å². The molecule has 1 saturated heterocycles. The molecule has 0 saturated carbocycles. The van der Waals surface area contributed by atoms with E-state index in [2.05, 4.69) is 15.3 Å². The lowest BCUT2D eigenvalue weighted by molar-refractivity contribution is -0.128. The molecule has 0 atom stereocenters. The van der Waals surface area contributed by atoms with Gasteiger partial charge in [-0.15, -0.1) is 0 Å². The van der Waals surface area contributed by atoms with Gasteiger partial charge in [0, 0.05) is 31.8 Å². The number of amides is 1. The van der Waals surface area contributed by atoms with Crippen molar-refractivity contribution in [1.29, 1.82) is 0 Å². The van der Waals surface area contributed by atoms with Gasteiger partial charge in [-0.05, 0) is 13.3 Å². The molecule has 0 aliphatic carbocycles. The summed E-state index contributed by atoms with van der Waals surface area (Å²) >= 11 is 0. The van der Waals surface area contributed by atoms with E-state index < -0.39 is 0 Å². The number of hydrogen-bond acceptors (Lipinski definition) is 4. The Bertz CT molecular complexity index is 405. The normalized spacial score (nSPS) is 15.6. The second-order valence-electron chi connectivity index (χ2n) is 3.98. The third-order valence-corrected chi connectivity index (χ3v) is 2.66. The predicted octanol–water partition coefficient (Wildman–Crippen LogP) is 0.949. The van der Waals surface area contributed by atoms with Gasteiger partial charge in [0.25, 0.3) is 0 Å². The van der Waals surface area contributed by atoms with Gasteiger partial charge >= 0.3 is 0 Å². The summed E-state index contributed by atoms with van der Waals surface area (Å²) in [5, 5.41) is 2.99. The van der Waals surface area contributed by atoms with Crippen LogP contribution in [-0.4, -0.2) is 34.4 Å². The number of aromatic nitrogens is 2. The molecule has 16 heavy (non-hydrogen) atoms. The lowest BCUT2D eigenvalue weighted by atomic mass is 10.4. The van der Waals surface area contributed by atoms with Gasteiger partial charge in [-0.25, -0.2) is 9.97 Å². The summed E-state index contributed by atoms with van der Waals surface area (Å²) < 4.78 is 0. The van der Waals surface area contributed by atoms with E-state index in [1.807, 2.05) is 24.9 Å². The number of carbonyl (C=O) groups excluding carboxylic acids is 1. The summed E-state index contributed by atoms with van der Waals surface area (Å²) in [5.74, 6) is 1.71. The molecule has 1 aromatic rings. The minimum atomic E-state index is 0.205. The highest BCUT2D eigenvalue weighted by Crippen LogP contribution is 2.13. The van der Waals surface area contributed by atoms with Crippen molar-refractivity contribution in [3.63, 3.8) is 0 Å². The van der Waals surface area contributed by atoms with Crippen molar-refractivity contribution in [2.45, 2.75) is 26.3 Å². The van der Waals surface area contributed by atoms with Crippen LogP contribution >= 0.6 is 0 Å². The number of nitrogens with one attached hydrogen (secondary N) is 1. The van der Waals surface area contributed by atoms with Crippen LogP contribution in [-0.2, 0) is 11.3 Å². The Labute approximate surface area is 94.9 Å². The monoisotopic (exact) mass is 220 g/mol. The summed E-state index contributed by atoms with van der Waals surface area (Å²) in [4.78, 5) is 22.0. The second-order valence-corrected chi connectivity index (χ2v) is 3.98. The third kappa shape index (κ3) is 2.29. The van der Waals surface area contributed by atoms with E-state index in [0.29, 0.717) is 18.8 Å². The van der Waals surface area contributed by atoms with Crippen molar-refractivity contribution in [2.24, 2.45) is 0 Å². The molecule has 0 radical (unpaired) electrons. The first kappa shape index (κ1) is 10.9. The number of rotatable bonds is 3. The van der Waals surface area contributed by atoms with E-state index >= 15 is 0 Å². The lowest BCUT2D eigenvalue weighted by Crippen LogP contribution is -2.25. The number of anilines is 1. The number of hydrogen-bond donors (Lipinski definition) is 1. The van der Waals surface area contributed by atoms with Crippen molar-refractivity contribution < 1.29 is 4.79 Å². The van der Waals surface area contributed by atoms with E-state index in [-0.39, 0.29) is 5.91 Å². The van der Waals surface area contributed by atoms with Crippen LogP contribution in [0.3, 0.4) is 0 Å². The standard InChI is InChI=1S/C11H16N4O/c1-8-6-9(12-2)14-10(13-8)7-15-5-3-4-11(15)16/h6H,3-5,7H2,1-2H3,(H,12,13,14). The molecule has 1 N–H and O–H groups in total. The van der Waals surface area contributed by atoms with Gasteiger partial charge in [0.1, 0.15) is 11.6 Å². The van der Waals surface area contributed by atoms with Gasteiger partial charge in [0.05, 0.1) is 6.54 Å². The summed E-state index contributed by atoms with van der Waals surface area (Å²) in [6.07, 6.45) is 1.61. The average Bonchev–Trinajstić information content (AvgIpc) is 2.63. The maximum absolute atomic E-state index is 11.5. The Morgan fingerprint density at radius 3 is 2.94 bits per heavy atom. The second kappa shape index (κ2) is 4.47. The Morgan fingerprint density at radius 2 is 2.31 bits per heavy atom. The fourth-order valence-corrected chi connectivity index (χ4v) is 1.87. The highest BCUT2D eigenvalue weighted by Gasteiger charge is 2.21. The molecule has 1 amide bonds. The van der Waals surface area contributed by atoms with E-state index in [4.69, 9.17) is 0 Å². The zero-order valence-electron chi connectivity index (χ0n) is 9.66. The van der Waals surface area contributed by atoms with Crippen molar-refractivity contribution >= 4 is 11.7 Å². The minimum absolute atomic E-state index is 0.205. The smallest absolute Gasteiger partial charge is 0.223 e. The van der Waals surface area contributed by atoms with Gasteiger partial charge in [-0.2, -0.15) is 0 Å². The molecule has 0 aromatic carbocycles. The molecular formula is C11H16N4O. The largest absolute Gasteiger partial charge is 0.373 e. The molecule has 5 nitrogen and oxygen atoms in total. The van der Waals surface area contributed by atoms with Crippen molar-refractivity contribution in [3.8, 4) is 0 Å². The SMILES string of the molecule is CNc1cc(C)nc(CN2CCCC2=O)n1. The molecule has 1 aliphatic heterocycles. The summed E-state index contributed by atoms with van der Waals surface area (Å²) in [6, 6.07) is 1.88. The fraction of sp³-hybridized carbons (Fsp3) is 0.545. The highest BCUT2D eigenvalue weighted by molar-refractivity contribution is 5.77. The van der Waals surface area contributed by atoms with Crippen molar-refractivity contribution in [2.75, 3.05) is 18.9 Å². The molecule has 5 heteroatoms. The van der Waals surface area contributed by atoms with Crippen LogP contribution in [0, 0.1) is 6.92 Å². The number of likely N-dealkylation sites (tertiary alicyclic amines) is 1. The summed E-state index contributed by atoms with van der Waals surface area (Å²) in [5.41, 5.74) is 0.918. The first-order valence-corrected chi connectivity index (χ1v) is 5.49. The van der Waals surface area contributed by atoms with Crippen LogP contribution in [0.15, 0.2) is 6.07 Å². The Kier molecular flexibility index (Phi) is 3.03. The van der Waals surface area contributed by atoms with E-state index in [1.165, 1.54) is 0 Å². The van der Waals surface area contributed by atoms with E-state index in [0.717, 1.165) is 24.5 Å². The zero-order valence-corrected chi connectivity index (χ0v) is 9.66. The zero-order chi connectivity index (χ0) is 11.5. The predicted molar refractivity (Wildman–Crippen MR) is 61.0 cm³/mol. The number of nitrogens with zero attached hydrogens (tertiary/aromatic N) is 3. The molecule has 2 heterocycles. The molecule has 0 bridgehead atoms. The summed E-state index contributed by atoms with van der Waals surface area (Å²) in [7, 11) is 1.83. The fourth-order valence-electron chi connectivity index (χ4n) is 1.87. The van der Waals surface area contributed by atoms with Crippen LogP contribution < -0.4 is 5.32 Å². The molecule has 0 unspecified atom stereocenters. The van der Waals surface area contributed by atoms with Crippen LogP contribution in [0.25, 0.3) is 0 Å². The van der Waals surface area contributed by atoms with Crippen LogP contribution in [0.1, 0.15) is 24.4 Å². The minimum Gasteiger partial charge on any atom is -0.373 e. The van der Waals surface area contributed by atoms with Crippen molar-refractivity contribution in [3.05, 3.63) is 17.6 Å². The molecule has 1 aliphatic rings. The third-order valence-electron chi connectivity index (χ3n) is 2.66. The average molecular weight is 220 g/mol. The molecule has 2 rings (SSSR count). The van der Waals surface area contributed by atoms with Gasteiger partial charge in [0.15, 0.2) is 0 Å². The quantitative estimate of drug-likeness (QED) is 0.824. The van der Waals surface area contributed by atoms with E-state index in [1.54, 1.807) is 0 Å². The first-order chi connectivity index (χ1) is 7.69. The molecule has 86 valence electrons. The highest BCUT2D eigenvalue weighted by atomic mass is 16.2. The van der Waals surface area contributed by atoms with Gasteiger partial charge in [0.2, 0.25) is 5.91 Å². The number of aryl methyl sites for hydroxylation is 1. The van der Waals surface area contributed by atoms with Crippen LogP contribution in [0.2, 0.25) is 0 Å². The Morgan fingerprint density at radius 1 is 1.50 bits per heavy atom. The summed E-state index contributed by atoms with van der Waals surface area (Å²) in [6.45, 7) is 3.28. The van der Waals surface area contributed by atoms with Gasteiger partial charge in [-0.1, -0.05) is 0 Å². The van der Waals surface area contributed by atoms with Gasteiger partial charge in [-0.3, -0.25) is 4.79 Å². The van der Waals surface area contributed by atoms with Crippen LogP contribution in [0.4, 0.5) is 5.82 Å². The molecule has 1 aromatic heterocycles. The molecular weight excluding hydrogens is 204 g/mol. The topological polar surface area (TPSA) is 58.1 Å². The number of carbonyl (C=O) groups is 1. The lowest BCUT2D eigenvalue weighted by Gasteiger charge is -2.14. The van der Waals surface area contributed by atoms with Crippen molar-refractivity contribution in [1.82, 2.24) is 14.9 Å². The Hall–Kier alpha value is -1.65. The molecule has 0 spiro atoms. The maximum atomic E-state index is 11.5. The van der Waals surface area contributed by atoms with Gasteiger partial charge < -0.3 is 10.2 Å². The first-order valence-electron chi connectivity index (χ1n) is 5.49. The molecule has 1 fully saturated rings. The van der Waals surface area contributed by atoms with Crippen LogP contribution in [0.5, 0.6) is 0 Å².